The fraction of sp³-hybridized carbons (Fsp3) is 0.889. The van der Waals surface area contributed by atoms with Gasteiger partial charge in [0.2, 0.25) is 0 Å². The second-order valence-corrected chi connectivity index (χ2v) is 3.08. The van der Waals surface area contributed by atoms with E-state index < -0.39 is 0 Å². The molecule has 1 aliphatic heterocycles. The van der Waals surface area contributed by atoms with Gasteiger partial charge < -0.3 is 4.84 Å². The Kier molecular flexibility index (Phi) is 3.40. The molecule has 2 nitrogen and oxygen atoms in total. The van der Waals surface area contributed by atoms with Gasteiger partial charge in [0.15, 0.2) is 0 Å². The SMILES string of the molecule is CCCCC1CC(CC)=NO1. The summed E-state index contributed by atoms with van der Waals surface area (Å²) in [6, 6.07) is 0. The van der Waals surface area contributed by atoms with Gasteiger partial charge in [0.1, 0.15) is 6.10 Å². The van der Waals surface area contributed by atoms with Gasteiger partial charge in [-0.1, -0.05) is 25.4 Å². The Morgan fingerprint density at radius 2 is 2.36 bits per heavy atom. The normalized spacial score (nSPS) is 23.1. The van der Waals surface area contributed by atoms with E-state index in [2.05, 4.69) is 19.0 Å². The van der Waals surface area contributed by atoms with E-state index in [0.717, 1.165) is 12.8 Å². The Hall–Kier alpha value is -0.530. The predicted octanol–water partition coefficient (Wildman–Crippen LogP) is 2.73. The average molecular weight is 155 g/mol. The molecular formula is C9H17NO. The topological polar surface area (TPSA) is 21.6 Å². The monoisotopic (exact) mass is 155 g/mol. The van der Waals surface area contributed by atoms with Crippen LogP contribution in [0, 0.1) is 0 Å². The molecular weight excluding hydrogens is 138 g/mol. The number of hydrogen-bond acceptors (Lipinski definition) is 2. The standard InChI is InChI=1S/C9H17NO/c1-3-5-6-9-7-8(4-2)10-11-9/h9H,3-7H2,1-2H3. The largest absolute Gasteiger partial charge is 0.392 e. The van der Waals surface area contributed by atoms with Gasteiger partial charge in [0, 0.05) is 6.42 Å². The van der Waals surface area contributed by atoms with E-state index in [4.69, 9.17) is 4.84 Å². The van der Waals surface area contributed by atoms with Crippen molar-refractivity contribution in [1.82, 2.24) is 0 Å². The van der Waals surface area contributed by atoms with E-state index in [0.29, 0.717) is 6.10 Å². The molecule has 2 heteroatoms. The molecule has 1 unspecified atom stereocenters. The van der Waals surface area contributed by atoms with Crippen molar-refractivity contribution in [3.63, 3.8) is 0 Å². The number of oxime groups is 1. The summed E-state index contributed by atoms with van der Waals surface area (Å²) < 4.78 is 0. The van der Waals surface area contributed by atoms with Gasteiger partial charge >= 0.3 is 0 Å². The highest BCUT2D eigenvalue weighted by Gasteiger charge is 2.18. The van der Waals surface area contributed by atoms with Crippen molar-refractivity contribution in [2.24, 2.45) is 5.16 Å². The molecule has 0 radical (unpaired) electrons. The molecule has 0 aromatic heterocycles. The second-order valence-electron chi connectivity index (χ2n) is 3.08. The first-order chi connectivity index (χ1) is 5.36. The van der Waals surface area contributed by atoms with Crippen molar-refractivity contribution in [2.45, 2.75) is 52.1 Å². The van der Waals surface area contributed by atoms with Crippen LogP contribution in [0.15, 0.2) is 5.16 Å². The van der Waals surface area contributed by atoms with Crippen LogP contribution in [-0.4, -0.2) is 11.8 Å². The lowest BCUT2D eigenvalue weighted by molar-refractivity contribution is 0.0774. The van der Waals surface area contributed by atoms with Crippen molar-refractivity contribution in [2.75, 3.05) is 0 Å². The van der Waals surface area contributed by atoms with Gasteiger partial charge in [0.25, 0.3) is 0 Å². The summed E-state index contributed by atoms with van der Waals surface area (Å²) in [5, 5.41) is 4.01. The highest BCUT2D eigenvalue weighted by Crippen LogP contribution is 2.17. The van der Waals surface area contributed by atoms with Crippen molar-refractivity contribution in [3.8, 4) is 0 Å². The quantitative estimate of drug-likeness (QED) is 0.611. The predicted molar refractivity (Wildman–Crippen MR) is 46.7 cm³/mol. The molecule has 64 valence electrons. The lowest BCUT2D eigenvalue weighted by atomic mass is 10.1. The summed E-state index contributed by atoms with van der Waals surface area (Å²) in [6.45, 7) is 4.33. The summed E-state index contributed by atoms with van der Waals surface area (Å²) in [4.78, 5) is 5.25. The Morgan fingerprint density at radius 3 is 2.91 bits per heavy atom. The van der Waals surface area contributed by atoms with Crippen LogP contribution in [0.1, 0.15) is 46.0 Å². The lowest BCUT2D eigenvalue weighted by Gasteiger charge is -2.05. The van der Waals surface area contributed by atoms with Crippen molar-refractivity contribution in [3.05, 3.63) is 0 Å². The Morgan fingerprint density at radius 1 is 1.55 bits per heavy atom. The maximum atomic E-state index is 5.25. The third kappa shape index (κ3) is 2.52. The summed E-state index contributed by atoms with van der Waals surface area (Å²) in [5.74, 6) is 0. The Balaban J connectivity index is 2.14. The van der Waals surface area contributed by atoms with Crippen LogP contribution in [0.4, 0.5) is 0 Å². The van der Waals surface area contributed by atoms with Crippen molar-refractivity contribution < 1.29 is 4.84 Å². The molecule has 1 aliphatic rings. The van der Waals surface area contributed by atoms with Gasteiger partial charge in [-0.25, -0.2) is 0 Å². The van der Waals surface area contributed by atoms with Crippen molar-refractivity contribution in [1.29, 1.82) is 0 Å². The van der Waals surface area contributed by atoms with E-state index in [1.165, 1.54) is 25.0 Å². The van der Waals surface area contributed by atoms with Crippen LogP contribution in [0.3, 0.4) is 0 Å². The zero-order valence-electron chi connectivity index (χ0n) is 7.47. The minimum Gasteiger partial charge on any atom is -0.392 e. The summed E-state index contributed by atoms with van der Waals surface area (Å²) in [5.41, 5.74) is 1.23. The molecule has 0 spiro atoms. The zero-order valence-corrected chi connectivity index (χ0v) is 7.47. The first-order valence-electron chi connectivity index (χ1n) is 4.58. The van der Waals surface area contributed by atoms with Crippen LogP contribution in [0.2, 0.25) is 0 Å². The van der Waals surface area contributed by atoms with E-state index in [9.17, 15) is 0 Å². The molecule has 1 rings (SSSR count). The highest BCUT2D eigenvalue weighted by molar-refractivity contribution is 5.85. The minimum atomic E-state index is 0.393. The maximum Gasteiger partial charge on any atom is 0.132 e. The van der Waals surface area contributed by atoms with E-state index in [1.807, 2.05) is 0 Å². The minimum absolute atomic E-state index is 0.393. The first-order valence-corrected chi connectivity index (χ1v) is 4.58. The maximum absolute atomic E-state index is 5.25. The molecule has 0 fully saturated rings. The van der Waals surface area contributed by atoms with Crippen LogP contribution in [0.5, 0.6) is 0 Å². The zero-order chi connectivity index (χ0) is 8.10. The fourth-order valence-corrected chi connectivity index (χ4v) is 1.28. The smallest absolute Gasteiger partial charge is 0.132 e. The van der Waals surface area contributed by atoms with Crippen LogP contribution in [0.25, 0.3) is 0 Å². The third-order valence-corrected chi connectivity index (χ3v) is 2.08. The molecule has 0 N–H and O–H groups in total. The Labute approximate surface area is 68.6 Å². The first kappa shape index (κ1) is 8.57. The van der Waals surface area contributed by atoms with Gasteiger partial charge in [0.05, 0.1) is 5.71 Å². The van der Waals surface area contributed by atoms with Gasteiger partial charge in [-0.2, -0.15) is 0 Å². The van der Waals surface area contributed by atoms with Crippen molar-refractivity contribution >= 4 is 5.71 Å². The van der Waals surface area contributed by atoms with Crippen LogP contribution >= 0.6 is 0 Å². The molecule has 0 saturated carbocycles. The molecule has 0 bridgehead atoms. The van der Waals surface area contributed by atoms with E-state index >= 15 is 0 Å². The second kappa shape index (κ2) is 4.37. The van der Waals surface area contributed by atoms with E-state index in [1.54, 1.807) is 0 Å². The van der Waals surface area contributed by atoms with E-state index in [-0.39, 0.29) is 0 Å². The number of hydrogen-bond donors (Lipinski definition) is 0. The molecule has 0 amide bonds. The molecule has 0 aliphatic carbocycles. The average Bonchev–Trinajstić information content (AvgIpc) is 2.48. The Bertz CT molecular complexity index is 142. The van der Waals surface area contributed by atoms with Gasteiger partial charge in [-0.15, -0.1) is 0 Å². The molecule has 1 heterocycles. The summed E-state index contributed by atoms with van der Waals surface area (Å²) in [6.07, 6.45) is 6.19. The number of rotatable bonds is 4. The summed E-state index contributed by atoms with van der Waals surface area (Å²) in [7, 11) is 0. The molecule has 1 atom stereocenters. The molecule has 0 aromatic carbocycles. The fourth-order valence-electron chi connectivity index (χ4n) is 1.28. The lowest BCUT2D eigenvalue weighted by Crippen LogP contribution is -2.06. The summed E-state index contributed by atoms with van der Waals surface area (Å²) >= 11 is 0. The molecule has 0 saturated heterocycles. The molecule has 11 heavy (non-hydrogen) atoms. The van der Waals surface area contributed by atoms with Gasteiger partial charge in [-0.3, -0.25) is 0 Å². The third-order valence-electron chi connectivity index (χ3n) is 2.08. The molecule has 0 aromatic rings. The van der Waals surface area contributed by atoms with Crippen LogP contribution < -0.4 is 0 Å². The van der Waals surface area contributed by atoms with Crippen LogP contribution in [-0.2, 0) is 4.84 Å². The number of nitrogens with zero attached hydrogens (tertiary/aromatic N) is 1. The van der Waals surface area contributed by atoms with Gasteiger partial charge in [-0.05, 0) is 19.3 Å². The highest BCUT2D eigenvalue weighted by atomic mass is 16.6. The number of unbranched alkanes of at least 4 members (excludes halogenated alkanes) is 1.